The summed E-state index contributed by atoms with van der Waals surface area (Å²) >= 11 is 0. The first-order valence-electron chi connectivity index (χ1n) is 19.9. The minimum Gasteiger partial charge on any atom is -0.493 e. The summed E-state index contributed by atoms with van der Waals surface area (Å²) in [5.41, 5.74) is 4.61. The van der Waals surface area contributed by atoms with Gasteiger partial charge in [0.05, 0.1) is 82.6 Å². The summed E-state index contributed by atoms with van der Waals surface area (Å²) < 4.78 is 50.7. The maximum atomic E-state index is 12.6. The number of esters is 2. The highest BCUT2D eigenvalue weighted by Gasteiger charge is 2.40. The van der Waals surface area contributed by atoms with Gasteiger partial charge in [0.15, 0.2) is 34.5 Å². The zero-order valence-corrected chi connectivity index (χ0v) is 35.6. The zero-order chi connectivity index (χ0) is 41.9. The highest BCUT2D eigenvalue weighted by atomic mass is 16.5. The van der Waals surface area contributed by atoms with E-state index in [0.29, 0.717) is 73.6 Å². The van der Waals surface area contributed by atoms with Gasteiger partial charge in [-0.3, -0.25) is 4.90 Å². The van der Waals surface area contributed by atoms with Gasteiger partial charge in [0.25, 0.3) is 0 Å². The van der Waals surface area contributed by atoms with Gasteiger partial charge >= 0.3 is 11.9 Å². The van der Waals surface area contributed by atoms with E-state index in [1.807, 2.05) is 30.3 Å². The molecule has 2 atom stereocenters. The molecular formula is C45H63N2O11+. The number of nitrogens with zero attached hydrogens (tertiary/aromatic N) is 2. The van der Waals surface area contributed by atoms with E-state index in [9.17, 15) is 9.59 Å². The van der Waals surface area contributed by atoms with Crippen molar-refractivity contribution in [1.82, 2.24) is 4.90 Å². The van der Waals surface area contributed by atoms with Crippen molar-refractivity contribution in [2.75, 3.05) is 102 Å². The molecule has 1 heterocycles. The zero-order valence-electron chi connectivity index (χ0n) is 35.6. The second kappa shape index (κ2) is 23.4. The van der Waals surface area contributed by atoms with Gasteiger partial charge in [0.2, 0.25) is 0 Å². The Morgan fingerprint density at radius 3 is 1.83 bits per heavy atom. The van der Waals surface area contributed by atoms with Gasteiger partial charge < -0.3 is 47.1 Å². The van der Waals surface area contributed by atoms with Crippen LogP contribution in [0.4, 0.5) is 0 Å². The summed E-state index contributed by atoms with van der Waals surface area (Å²) in [6.45, 7) is 7.54. The number of quaternary nitrogens is 1. The minimum atomic E-state index is -0.593. The molecule has 58 heavy (non-hydrogen) atoms. The average molecular weight is 808 g/mol. The molecular weight excluding hydrogens is 744 g/mol. The van der Waals surface area contributed by atoms with Crippen LogP contribution in [0.2, 0.25) is 0 Å². The van der Waals surface area contributed by atoms with Crippen LogP contribution in [0.5, 0.6) is 34.5 Å². The van der Waals surface area contributed by atoms with Gasteiger partial charge in [-0.25, -0.2) is 9.59 Å². The molecule has 13 nitrogen and oxygen atoms in total. The lowest BCUT2D eigenvalue weighted by Gasteiger charge is -2.46. The molecule has 0 bridgehead atoms. The van der Waals surface area contributed by atoms with Gasteiger partial charge in [0.1, 0.15) is 6.04 Å². The van der Waals surface area contributed by atoms with Crippen LogP contribution in [-0.4, -0.2) is 124 Å². The lowest BCUT2D eigenvalue weighted by Crippen LogP contribution is -2.52. The largest absolute Gasteiger partial charge is 0.493 e. The average Bonchev–Trinajstić information content (AvgIpc) is 3.24. The van der Waals surface area contributed by atoms with Crippen LogP contribution in [0.1, 0.15) is 54.5 Å². The van der Waals surface area contributed by atoms with Crippen molar-refractivity contribution >= 4 is 11.9 Å². The van der Waals surface area contributed by atoms with Crippen LogP contribution in [0, 0.1) is 0 Å². The SMILES string of the molecule is CCCOCCN(CCCOC(=O)/C=C\C(=O)OCCC[N@+]1(C)CCc2cc(OC)c(OC)cc2[C@H]1Cc1ccc(OC)c(OC)c1)Cc1ccc(OC)c(OC)c1. The Morgan fingerprint density at radius 2 is 1.22 bits per heavy atom. The Balaban J connectivity index is 1.29. The number of methoxy groups -OCH3 is 6. The molecule has 0 radical (unpaired) electrons. The van der Waals surface area contributed by atoms with Crippen LogP contribution in [0.25, 0.3) is 0 Å². The highest BCUT2D eigenvalue weighted by Crippen LogP contribution is 2.43. The topological polar surface area (TPSA) is 120 Å². The first-order valence-corrected chi connectivity index (χ1v) is 19.9. The van der Waals surface area contributed by atoms with Crippen molar-refractivity contribution in [2.24, 2.45) is 0 Å². The van der Waals surface area contributed by atoms with Gasteiger partial charge in [-0.15, -0.1) is 0 Å². The quantitative estimate of drug-likeness (QED) is 0.0409. The molecule has 0 aliphatic carbocycles. The fraction of sp³-hybridized carbons (Fsp3) is 0.511. The van der Waals surface area contributed by atoms with E-state index in [4.69, 9.17) is 42.6 Å². The minimum absolute atomic E-state index is 0.0828. The summed E-state index contributed by atoms with van der Waals surface area (Å²) in [7, 11) is 12.0. The molecule has 1 aliphatic heterocycles. The molecule has 0 N–H and O–H groups in total. The van der Waals surface area contributed by atoms with Crippen LogP contribution in [-0.2, 0) is 43.2 Å². The Bertz CT molecular complexity index is 1800. The molecule has 3 aromatic carbocycles. The smallest absolute Gasteiger partial charge is 0.331 e. The molecule has 0 amide bonds. The number of benzene rings is 3. The first-order chi connectivity index (χ1) is 28.1. The number of hydrogen-bond acceptors (Lipinski definition) is 12. The highest BCUT2D eigenvalue weighted by molar-refractivity contribution is 5.91. The van der Waals surface area contributed by atoms with Crippen LogP contribution in [0.3, 0.4) is 0 Å². The van der Waals surface area contributed by atoms with Crippen LogP contribution < -0.4 is 28.4 Å². The Kier molecular flexibility index (Phi) is 18.5. The third-order valence-electron chi connectivity index (χ3n) is 10.6. The summed E-state index contributed by atoms with van der Waals surface area (Å²) in [6.07, 6.45) is 6.06. The lowest BCUT2D eigenvalue weighted by molar-refractivity contribution is -0.941. The van der Waals surface area contributed by atoms with E-state index in [1.54, 1.807) is 42.7 Å². The molecule has 3 aromatic rings. The third-order valence-corrected chi connectivity index (χ3v) is 10.6. The standard InChI is InChI=1S/C45H63N2O11/c1-9-23-56-26-20-46(32-34-13-15-39(51-4)41(29-34)53-6)19-10-24-57-44(48)16-17-45(49)58-25-11-21-47(2)22-18-35-30-42(54-7)43(55-8)31-36(35)37(47)27-33-12-14-38(50-3)40(28-33)52-5/h12-17,28-31,37H,9-11,18-27,32H2,1-8H3/q+1/b17-16-/t37-,47-/m1/s1. The van der Waals surface area contributed by atoms with Crippen LogP contribution in [0.15, 0.2) is 60.7 Å². The number of likely N-dealkylation sites (N-methyl/N-ethyl adjacent to an activating group) is 1. The Labute approximate surface area is 344 Å². The van der Waals surface area contributed by atoms with E-state index in [0.717, 1.165) is 66.7 Å². The van der Waals surface area contributed by atoms with Gasteiger partial charge in [-0.1, -0.05) is 19.1 Å². The molecule has 13 heteroatoms. The van der Waals surface area contributed by atoms with Gasteiger partial charge in [-0.05, 0) is 65.9 Å². The van der Waals surface area contributed by atoms with Crippen molar-refractivity contribution in [1.29, 1.82) is 0 Å². The number of ether oxygens (including phenoxy) is 9. The Morgan fingerprint density at radius 1 is 0.672 bits per heavy atom. The van der Waals surface area contributed by atoms with Gasteiger partial charge in [-0.2, -0.15) is 0 Å². The van der Waals surface area contributed by atoms with E-state index in [2.05, 4.69) is 37.1 Å². The predicted octanol–water partition coefficient (Wildman–Crippen LogP) is 6.38. The predicted molar refractivity (Wildman–Crippen MR) is 221 cm³/mol. The van der Waals surface area contributed by atoms with Crippen molar-refractivity contribution in [3.05, 3.63) is 82.9 Å². The van der Waals surface area contributed by atoms with Crippen molar-refractivity contribution in [3.8, 4) is 34.5 Å². The molecule has 4 rings (SSSR count). The number of rotatable bonds is 25. The third kappa shape index (κ3) is 13.0. The molecule has 0 saturated heterocycles. The molecule has 0 spiro atoms. The summed E-state index contributed by atoms with van der Waals surface area (Å²) in [6, 6.07) is 16.2. The maximum absolute atomic E-state index is 12.6. The summed E-state index contributed by atoms with van der Waals surface area (Å²) in [4.78, 5) is 27.3. The second-order valence-electron chi connectivity index (χ2n) is 14.4. The van der Waals surface area contributed by atoms with Crippen LogP contribution >= 0.6 is 0 Å². The van der Waals surface area contributed by atoms with Crippen molar-refractivity contribution in [3.63, 3.8) is 0 Å². The number of carbonyl (C=O) groups excluding carboxylic acids is 2. The van der Waals surface area contributed by atoms with Crippen molar-refractivity contribution in [2.45, 2.75) is 51.6 Å². The van der Waals surface area contributed by atoms with E-state index >= 15 is 0 Å². The first kappa shape index (κ1) is 45.7. The second-order valence-corrected chi connectivity index (χ2v) is 14.4. The van der Waals surface area contributed by atoms with E-state index in [-0.39, 0.29) is 19.3 Å². The number of hydrogen-bond donors (Lipinski definition) is 0. The van der Waals surface area contributed by atoms with Gasteiger partial charge in [0, 0.05) is 63.2 Å². The molecule has 0 aromatic heterocycles. The molecule has 0 saturated carbocycles. The molecule has 0 fully saturated rings. The fourth-order valence-electron chi connectivity index (χ4n) is 7.40. The fourth-order valence-corrected chi connectivity index (χ4v) is 7.40. The summed E-state index contributed by atoms with van der Waals surface area (Å²) in [5, 5.41) is 0. The molecule has 318 valence electrons. The maximum Gasteiger partial charge on any atom is 0.331 e. The lowest BCUT2D eigenvalue weighted by atomic mass is 9.86. The van der Waals surface area contributed by atoms with E-state index < -0.39 is 11.9 Å². The molecule has 1 aliphatic rings. The number of carbonyl (C=O) groups is 2. The Hall–Kier alpha value is -4.98. The molecule has 0 unspecified atom stereocenters. The van der Waals surface area contributed by atoms with Crippen molar-refractivity contribution < 1.29 is 56.7 Å². The monoisotopic (exact) mass is 807 g/mol. The van der Waals surface area contributed by atoms with E-state index in [1.165, 1.54) is 11.1 Å². The summed E-state index contributed by atoms with van der Waals surface area (Å²) in [5.74, 6) is 2.92. The normalized spacial score (nSPS) is 16.1. The number of fused-ring (bicyclic) bond motifs is 1.